The second-order valence-corrected chi connectivity index (χ2v) is 2.33. The number of aromatic nitrogens is 2. The molecule has 12 heavy (non-hydrogen) atoms. The second-order valence-electron chi connectivity index (χ2n) is 2.33. The number of carbonyl (C=O) groups excluding carboxylic acids is 1. The van der Waals surface area contributed by atoms with E-state index in [0.29, 0.717) is 5.69 Å². The lowest BCUT2D eigenvalue weighted by atomic mass is 10.2. The first-order valence-electron chi connectivity index (χ1n) is 3.37. The average molecular weight is 172 g/mol. The van der Waals surface area contributed by atoms with E-state index in [1.165, 1.54) is 11.9 Å². The largest absolute Gasteiger partial charge is 0.368 e. The van der Waals surface area contributed by atoms with Gasteiger partial charge in [-0.1, -0.05) is 0 Å². The number of primary amides is 1. The number of hydrogen-bond acceptors (Lipinski definition) is 3. The molecule has 0 bridgehead atoms. The number of nitrogens with zero attached hydrogens (tertiary/aromatic N) is 1. The minimum absolute atomic E-state index is 0.148. The molecule has 0 fully saturated rings. The molecule has 1 atom stereocenters. The van der Waals surface area contributed by atoms with Crippen molar-refractivity contribution in [1.82, 2.24) is 15.5 Å². The first kappa shape index (κ1) is 8.66. The molecule has 0 unspecified atom stereocenters. The Bertz CT molecular complexity index is 248. The standard InChI is InChI=1S/C6H9FN4O/c7-11-5(6(8)12)1-4-2-9-3-10-4/h2-3,5,11H,1H2,(H2,8,12)(H,9,10)/t5-/m0/s1. The van der Waals surface area contributed by atoms with Gasteiger partial charge in [-0.25, -0.2) is 4.98 Å². The van der Waals surface area contributed by atoms with Crippen molar-refractivity contribution in [3.63, 3.8) is 0 Å². The summed E-state index contributed by atoms with van der Waals surface area (Å²) in [6.45, 7) is 0. The third-order valence-corrected chi connectivity index (χ3v) is 1.44. The summed E-state index contributed by atoms with van der Waals surface area (Å²) >= 11 is 0. The molecule has 0 aliphatic rings. The van der Waals surface area contributed by atoms with E-state index in [2.05, 4.69) is 9.97 Å². The minimum Gasteiger partial charge on any atom is -0.368 e. The Morgan fingerprint density at radius 1 is 1.92 bits per heavy atom. The van der Waals surface area contributed by atoms with Crippen LogP contribution in [-0.4, -0.2) is 21.9 Å². The van der Waals surface area contributed by atoms with E-state index in [4.69, 9.17) is 5.73 Å². The molecule has 1 rings (SSSR count). The van der Waals surface area contributed by atoms with Gasteiger partial charge in [-0.15, -0.1) is 10.0 Å². The molecule has 5 nitrogen and oxygen atoms in total. The number of amides is 1. The highest BCUT2D eigenvalue weighted by Gasteiger charge is 2.15. The molecule has 0 saturated carbocycles. The van der Waals surface area contributed by atoms with Gasteiger partial charge in [0, 0.05) is 12.6 Å². The zero-order valence-corrected chi connectivity index (χ0v) is 6.25. The third-order valence-electron chi connectivity index (χ3n) is 1.44. The van der Waals surface area contributed by atoms with Gasteiger partial charge in [-0.2, -0.15) is 0 Å². The summed E-state index contributed by atoms with van der Waals surface area (Å²) in [7, 11) is 0. The van der Waals surface area contributed by atoms with E-state index in [0.717, 1.165) is 0 Å². The molecule has 1 aromatic rings. The van der Waals surface area contributed by atoms with Crippen LogP contribution in [0.5, 0.6) is 0 Å². The number of halogens is 1. The normalized spacial score (nSPS) is 12.8. The Morgan fingerprint density at radius 3 is 3.08 bits per heavy atom. The van der Waals surface area contributed by atoms with Crippen LogP contribution < -0.4 is 11.3 Å². The number of carbonyl (C=O) groups is 1. The Kier molecular flexibility index (Phi) is 2.76. The molecule has 1 heterocycles. The van der Waals surface area contributed by atoms with Crippen molar-refractivity contribution in [3.05, 3.63) is 18.2 Å². The van der Waals surface area contributed by atoms with E-state index in [1.54, 1.807) is 6.20 Å². The lowest BCUT2D eigenvalue weighted by Gasteiger charge is -2.06. The fourth-order valence-electron chi connectivity index (χ4n) is 0.805. The van der Waals surface area contributed by atoms with Crippen molar-refractivity contribution in [1.29, 1.82) is 0 Å². The van der Waals surface area contributed by atoms with Gasteiger partial charge in [0.2, 0.25) is 5.91 Å². The van der Waals surface area contributed by atoms with E-state index in [9.17, 15) is 9.28 Å². The van der Waals surface area contributed by atoms with Gasteiger partial charge in [-0.05, 0) is 0 Å². The van der Waals surface area contributed by atoms with Gasteiger partial charge in [-0.3, -0.25) is 4.79 Å². The maximum Gasteiger partial charge on any atom is 0.237 e. The molecule has 0 aliphatic heterocycles. The number of imidazole rings is 1. The first-order chi connectivity index (χ1) is 5.74. The van der Waals surface area contributed by atoms with Crippen LogP contribution in [0.1, 0.15) is 5.69 Å². The summed E-state index contributed by atoms with van der Waals surface area (Å²) in [6, 6.07) is -1.01. The van der Waals surface area contributed by atoms with Crippen molar-refractivity contribution >= 4 is 5.91 Å². The smallest absolute Gasteiger partial charge is 0.237 e. The maximum atomic E-state index is 11.9. The molecule has 66 valence electrons. The number of rotatable bonds is 4. The molecule has 0 aromatic carbocycles. The quantitative estimate of drug-likeness (QED) is 0.524. The number of aromatic amines is 1. The summed E-state index contributed by atoms with van der Waals surface area (Å²) in [5, 5.41) is 0. The Balaban J connectivity index is 2.54. The number of H-pyrrole nitrogens is 1. The van der Waals surface area contributed by atoms with Gasteiger partial charge >= 0.3 is 0 Å². The topological polar surface area (TPSA) is 83.8 Å². The van der Waals surface area contributed by atoms with Crippen LogP contribution in [0.4, 0.5) is 4.48 Å². The van der Waals surface area contributed by atoms with E-state index >= 15 is 0 Å². The van der Waals surface area contributed by atoms with Gasteiger partial charge in [0.25, 0.3) is 0 Å². The van der Waals surface area contributed by atoms with E-state index < -0.39 is 11.9 Å². The lowest BCUT2D eigenvalue weighted by Crippen LogP contribution is -2.38. The maximum absolute atomic E-state index is 11.9. The highest BCUT2D eigenvalue weighted by molar-refractivity contribution is 5.79. The van der Waals surface area contributed by atoms with Gasteiger partial charge in [0.05, 0.1) is 12.0 Å². The van der Waals surface area contributed by atoms with Crippen molar-refractivity contribution in [3.8, 4) is 0 Å². The average Bonchev–Trinajstić information content (AvgIpc) is 2.51. The van der Waals surface area contributed by atoms with Crippen molar-refractivity contribution in [2.75, 3.05) is 0 Å². The molecule has 1 aromatic heterocycles. The summed E-state index contributed by atoms with van der Waals surface area (Å²) in [5.41, 5.74) is 6.78. The predicted molar refractivity (Wildman–Crippen MR) is 39.5 cm³/mol. The molecule has 0 aliphatic carbocycles. The van der Waals surface area contributed by atoms with Crippen molar-refractivity contribution in [2.24, 2.45) is 5.73 Å². The number of hydrogen-bond donors (Lipinski definition) is 3. The summed E-state index contributed by atoms with van der Waals surface area (Å²) < 4.78 is 11.9. The van der Waals surface area contributed by atoms with Crippen LogP contribution in [0.15, 0.2) is 12.5 Å². The van der Waals surface area contributed by atoms with Crippen LogP contribution in [0, 0.1) is 0 Å². The lowest BCUT2D eigenvalue weighted by molar-refractivity contribution is -0.121. The summed E-state index contributed by atoms with van der Waals surface area (Å²) in [6.07, 6.45) is 3.17. The highest BCUT2D eigenvalue weighted by Crippen LogP contribution is 1.97. The SMILES string of the molecule is NC(=O)[C@H](Cc1c[nH]cn1)NF. The molecule has 0 radical (unpaired) electrons. The molecule has 6 heteroatoms. The Hall–Kier alpha value is -1.43. The summed E-state index contributed by atoms with van der Waals surface area (Å²) in [4.78, 5) is 17.0. The van der Waals surface area contributed by atoms with Crippen molar-refractivity contribution in [2.45, 2.75) is 12.5 Å². The zero-order chi connectivity index (χ0) is 8.97. The monoisotopic (exact) mass is 172 g/mol. The number of nitrogens with two attached hydrogens (primary N) is 1. The second kappa shape index (κ2) is 3.82. The van der Waals surface area contributed by atoms with Crippen LogP contribution in [0.2, 0.25) is 0 Å². The minimum atomic E-state index is -1.01. The molecular weight excluding hydrogens is 163 g/mol. The molecule has 0 spiro atoms. The third kappa shape index (κ3) is 2.03. The summed E-state index contributed by atoms with van der Waals surface area (Å²) in [5.74, 6) is -0.736. The Labute approximate surface area is 68.1 Å². The van der Waals surface area contributed by atoms with Crippen LogP contribution >= 0.6 is 0 Å². The van der Waals surface area contributed by atoms with Crippen molar-refractivity contribution < 1.29 is 9.28 Å². The van der Waals surface area contributed by atoms with E-state index in [1.807, 2.05) is 0 Å². The molecule has 0 saturated heterocycles. The highest BCUT2D eigenvalue weighted by atomic mass is 19.2. The van der Waals surface area contributed by atoms with Crippen LogP contribution in [0.25, 0.3) is 0 Å². The zero-order valence-electron chi connectivity index (χ0n) is 6.25. The number of nitrogens with one attached hydrogen (secondary N) is 2. The fourth-order valence-corrected chi connectivity index (χ4v) is 0.805. The first-order valence-corrected chi connectivity index (χ1v) is 3.37. The Morgan fingerprint density at radius 2 is 2.67 bits per heavy atom. The van der Waals surface area contributed by atoms with Crippen LogP contribution in [-0.2, 0) is 11.2 Å². The fraction of sp³-hybridized carbons (Fsp3) is 0.333. The molecule has 4 N–H and O–H groups in total. The van der Waals surface area contributed by atoms with Crippen LogP contribution in [0.3, 0.4) is 0 Å². The molecule has 1 amide bonds. The van der Waals surface area contributed by atoms with E-state index in [-0.39, 0.29) is 6.42 Å². The van der Waals surface area contributed by atoms with Gasteiger partial charge in [0.15, 0.2) is 0 Å². The van der Waals surface area contributed by atoms with Gasteiger partial charge < -0.3 is 10.7 Å². The predicted octanol–water partition coefficient (Wildman–Crippen LogP) is -0.720. The van der Waals surface area contributed by atoms with Gasteiger partial charge in [0.1, 0.15) is 6.04 Å². The molecular formula is C6H9FN4O.